The van der Waals surface area contributed by atoms with Gasteiger partial charge in [0.15, 0.2) is 6.20 Å². The molecule has 0 saturated heterocycles. The molecule has 19 heavy (non-hydrogen) atoms. The second-order valence-corrected chi connectivity index (χ2v) is 4.09. The van der Waals surface area contributed by atoms with Crippen LogP contribution < -0.4 is 5.32 Å². The number of anilines is 1. The fourth-order valence-electron chi connectivity index (χ4n) is 1.49. The van der Waals surface area contributed by atoms with Gasteiger partial charge in [-0.3, -0.25) is 0 Å². The fourth-order valence-corrected chi connectivity index (χ4v) is 1.49. The molecule has 0 aromatic carbocycles. The first-order valence-corrected chi connectivity index (χ1v) is 5.56. The smallest absolute Gasteiger partial charge is 0.364 e. The minimum absolute atomic E-state index is 0.168. The highest BCUT2D eigenvalue weighted by molar-refractivity contribution is 5.94. The number of hydrogen-bond acceptors (Lipinski definition) is 6. The van der Waals surface area contributed by atoms with E-state index < -0.39 is 16.7 Å². The summed E-state index contributed by atoms with van der Waals surface area (Å²) < 4.78 is 4.96. The minimum atomic E-state index is -1.24. The molecule has 1 heterocycles. The Labute approximate surface area is 109 Å². The molecule has 0 aliphatic heterocycles. The zero-order valence-corrected chi connectivity index (χ0v) is 10.6. The first-order valence-electron chi connectivity index (χ1n) is 5.56. The van der Waals surface area contributed by atoms with Crippen LogP contribution in [0.25, 0.3) is 0 Å². The summed E-state index contributed by atoms with van der Waals surface area (Å²) in [5.74, 6) is -1.57. The molecule has 0 amide bonds. The van der Waals surface area contributed by atoms with Gasteiger partial charge in [-0.05, 0) is 15.8 Å². The Morgan fingerprint density at radius 2 is 2.37 bits per heavy atom. The highest BCUT2D eigenvalue weighted by Gasteiger charge is 2.18. The molecule has 0 spiro atoms. The van der Waals surface area contributed by atoms with Gasteiger partial charge in [0.25, 0.3) is 0 Å². The van der Waals surface area contributed by atoms with Crippen LogP contribution in [0, 0.1) is 16.0 Å². The third-order valence-electron chi connectivity index (χ3n) is 2.40. The molecule has 1 unspecified atom stereocenters. The number of nitrogens with one attached hydrogen (secondary N) is 1. The molecular weight excluding hydrogens is 254 g/mol. The Morgan fingerprint density at radius 1 is 1.68 bits per heavy atom. The van der Waals surface area contributed by atoms with Crippen molar-refractivity contribution in [3.05, 3.63) is 27.9 Å². The van der Waals surface area contributed by atoms with Crippen molar-refractivity contribution in [2.24, 2.45) is 5.92 Å². The largest absolute Gasteiger partial charge is 0.478 e. The van der Waals surface area contributed by atoms with Crippen LogP contribution in [0.2, 0.25) is 0 Å². The molecular formula is C11H15N3O5. The Bertz CT molecular complexity index is 477. The lowest BCUT2D eigenvalue weighted by Crippen LogP contribution is -2.17. The van der Waals surface area contributed by atoms with Gasteiger partial charge in [-0.25, -0.2) is 4.79 Å². The molecule has 0 saturated carbocycles. The number of carbonyl (C=O) groups is 1. The van der Waals surface area contributed by atoms with Crippen molar-refractivity contribution in [2.45, 2.75) is 6.92 Å². The molecule has 8 nitrogen and oxygen atoms in total. The molecule has 1 atom stereocenters. The van der Waals surface area contributed by atoms with Crippen molar-refractivity contribution in [3.8, 4) is 0 Å². The summed E-state index contributed by atoms with van der Waals surface area (Å²) in [6.07, 6.45) is 1.15. The lowest BCUT2D eigenvalue weighted by atomic mass is 10.1. The molecule has 104 valence electrons. The molecule has 0 bridgehead atoms. The van der Waals surface area contributed by atoms with Gasteiger partial charge in [-0.15, -0.1) is 0 Å². The number of pyridine rings is 1. The number of carboxylic acid groups (broad SMARTS) is 1. The summed E-state index contributed by atoms with van der Waals surface area (Å²) in [5, 5.41) is 22.5. The second kappa shape index (κ2) is 6.64. The molecule has 0 aliphatic carbocycles. The Morgan fingerprint density at radius 3 is 2.89 bits per heavy atom. The van der Waals surface area contributed by atoms with Crippen LogP contribution in [-0.2, 0) is 4.74 Å². The summed E-state index contributed by atoms with van der Waals surface area (Å²) >= 11 is 0. The molecule has 0 radical (unpaired) electrons. The molecule has 1 aromatic heterocycles. The zero-order chi connectivity index (χ0) is 14.4. The molecule has 1 aromatic rings. The number of carboxylic acids is 1. The fraction of sp³-hybridized carbons (Fsp3) is 0.455. The van der Waals surface area contributed by atoms with E-state index in [1.807, 2.05) is 6.92 Å². The topological polar surface area (TPSA) is 115 Å². The molecule has 0 fully saturated rings. The van der Waals surface area contributed by atoms with Gasteiger partial charge in [0, 0.05) is 13.7 Å². The van der Waals surface area contributed by atoms with Crippen LogP contribution in [0.1, 0.15) is 17.3 Å². The van der Waals surface area contributed by atoms with Crippen molar-refractivity contribution in [3.63, 3.8) is 0 Å². The van der Waals surface area contributed by atoms with E-state index in [0.717, 1.165) is 12.3 Å². The molecule has 2 N–H and O–H groups in total. The third-order valence-corrected chi connectivity index (χ3v) is 2.40. The molecule has 8 heteroatoms. The van der Waals surface area contributed by atoms with Gasteiger partial charge < -0.3 is 25.3 Å². The van der Waals surface area contributed by atoms with Gasteiger partial charge in [0.05, 0.1) is 23.9 Å². The van der Waals surface area contributed by atoms with Crippen molar-refractivity contribution >= 4 is 17.5 Å². The number of aromatic carboxylic acids is 1. The normalized spacial score (nSPS) is 11.9. The van der Waals surface area contributed by atoms with Gasteiger partial charge >= 0.3 is 11.8 Å². The molecule has 1 rings (SSSR count). The number of nitro groups is 1. The predicted molar refractivity (Wildman–Crippen MR) is 67.4 cm³/mol. The quantitative estimate of drug-likeness (QED) is 0.567. The standard InChI is InChI=1S/C11H15N3O5/c1-7(6-19-2)4-12-9-5-13-10(14(17)18)3-8(9)11(15)16/h3,5,7,12H,4,6H2,1-2H3,(H,15,16). The van der Waals surface area contributed by atoms with E-state index in [9.17, 15) is 14.9 Å². The summed E-state index contributed by atoms with van der Waals surface area (Å²) in [6.45, 7) is 2.93. The van der Waals surface area contributed by atoms with E-state index in [1.165, 1.54) is 0 Å². The number of ether oxygens (including phenoxy) is 1. The number of nitrogens with zero attached hydrogens (tertiary/aromatic N) is 2. The van der Waals surface area contributed by atoms with Gasteiger partial charge in [-0.2, -0.15) is 0 Å². The van der Waals surface area contributed by atoms with E-state index >= 15 is 0 Å². The van der Waals surface area contributed by atoms with Crippen molar-refractivity contribution in [1.29, 1.82) is 0 Å². The summed E-state index contributed by atoms with van der Waals surface area (Å²) in [4.78, 5) is 24.5. The van der Waals surface area contributed by atoms with Gasteiger partial charge in [-0.1, -0.05) is 6.92 Å². The maximum Gasteiger partial charge on any atom is 0.364 e. The van der Waals surface area contributed by atoms with Crippen molar-refractivity contribution < 1.29 is 19.6 Å². The lowest BCUT2D eigenvalue weighted by molar-refractivity contribution is -0.389. The number of aromatic nitrogens is 1. The summed E-state index contributed by atoms with van der Waals surface area (Å²) in [7, 11) is 1.58. The van der Waals surface area contributed by atoms with Crippen molar-refractivity contribution in [2.75, 3.05) is 25.6 Å². The van der Waals surface area contributed by atoms with E-state index in [2.05, 4.69) is 10.3 Å². The number of methoxy groups -OCH3 is 1. The van der Waals surface area contributed by atoms with Crippen LogP contribution in [0.15, 0.2) is 12.3 Å². The van der Waals surface area contributed by atoms with E-state index in [-0.39, 0.29) is 17.2 Å². The van der Waals surface area contributed by atoms with Crippen LogP contribution >= 0.6 is 0 Å². The number of rotatable bonds is 7. The lowest BCUT2D eigenvalue weighted by Gasteiger charge is -2.12. The summed E-state index contributed by atoms with van der Waals surface area (Å²) in [6, 6.07) is 0.936. The first-order chi connectivity index (χ1) is 8.95. The SMILES string of the molecule is COCC(C)CNc1cnc([N+](=O)[O-])cc1C(=O)O. The van der Waals surface area contributed by atoms with Crippen LogP contribution in [0.5, 0.6) is 0 Å². The van der Waals surface area contributed by atoms with Crippen LogP contribution in [0.3, 0.4) is 0 Å². The van der Waals surface area contributed by atoms with E-state index in [1.54, 1.807) is 7.11 Å². The first kappa shape index (κ1) is 14.8. The predicted octanol–water partition coefficient (Wildman–Crippen LogP) is 1.38. The maximum absolute atomic E-state index is 11.1. The third kappa shape index (κ3) is 4.18. The van der Waals surface area contributed by atoms with Crippen LogP contribution in [0.4, 0.5) is 11.5 Å². The zero-order valence-electron chi connectivity index (χ0n) is 10.6. The van der Waals surface area contributed by atoms with Gasteiger partial charge in [0.2, 0.25) is 0 Å². The van der Waals surface area contributed by atoms with Gasteiger partial charge in [0.1, 0.15) is 0 Å². The maximum atomic E-state index is 11.1. The Kier molecular flexibility index (Phi) is 5.19. The van der Waals surface area contributed by atoms with E-state index in [0.29, 0.717) is 13.2 Å². The average molecular weight is 269 g/mol. The average Bonchev–Trinajstić information content (AvgIpc) is 2.36. The Hall–Kier alpha value is -2.22. The summed E-state index contributed by atoms with van der Waals surface area (Å²) in [5.41, 5.74) is 0.0763. The van der Waals surface area contributed by atoms with E-state index in [4.69, 9.17) is 9.84 Å². The van der Waals surface area contributed by atoms with Crippen LogP contribution in [-0.4, -0.2) is 41.2 Å². The molecule has 0 aliphatic rings. The second-order valence-electron chi connectivity index (χ2n) is 4.09. The Balaban J connectivity index is 2.88. The highest BCUT2D eigenvalue weighted by Crippen LogP contribution is 2.19. The number of hydrogen-bond donors (Lipinski definition) is 2. The highest BCUT2D eigenvalue weighted by atomic mass is 16.6. The van der Waals surface area contributed by atoms with Crippen molar-refractivity contribution in [1.82, 2.24) is 4.98 Å². The minimum Gasteiger partial charge on any atom is -0.478 e. The monoisotopic (exact) mass is 269 g/mol.